The first-order valence-electron chi connectivity index (χ1n) is 10.7. The molecule has 1 saturated heterocycles. The van der Waals surface area contributed by atoms with Crippen molar-refractivity contribution in [1.29, 1.82) is 0 Å². The highest BCUT2D eigenvalue weighted by atomic mass is 16.2. The fraction of sp³-hybridized carbons (Fsp3) is 0.480. The molecule has 2 amide bonds. The number of piperazine rings is 1. The number of urea groups is 1. The number of nitrogens with zero attached hydrogens (tertiary/aromatic N) is 2. The Balaban J connectivity index is 1.47. The van der Waals surface area contributed by atoms with Gasteiger partial charge in [-0.2, -0.15) is 0 Å². The number of amides is 2. The second-order valence-electron chi connectivity index (χ2n) is 9.42. The Morgan fingerprint density at radius 1 is 0.931 bits per heavy atom. The van der Waals surface area contributed by atoms with Gasteiger partial charge in [-0.25, -0.2) is 4.79 Å². The Morgan fingerprint density at radius 2 is 1.52 bits per heavy atom. The molecule has 0 aliphatic carbocycles. The first-order chi connectivity index (χ1) is 13.7. The largest absolute Gasteiger partial charge is 0.322 e. The van der Waals surface area contributed by atoms with E-state index in [9.17, 15) is 4.79 Å². The molecule has 3 rings (SSSR count). The summed E-state index contributed by atoms with van der Waals surface area (Å²) in [7, 11) is 0. The Kier molecular flexibility index (Phi) is 6.63. The van der Waals surface area contributed by atoms with E-state index in [1.807, 2.05) is 17.0 Å². The Morgan fingerprint density at radius 3 is 2.03 bits per heavy atom. The van der Waals surface area contributed by atoms with Gasteiger partial charge in [-0.05, 0) is 40.2 Å². The predicted octanol–water partition coefficient (Wildman–Crippen LogP) is 5.46. The second kappa shape index (κ2) is 9.00. The van der Waals surface area contributed by atoms with Gasteiger partial charge in [-0.1, -0.05) is 71.0 Å². The summed E-state index contributed by atoms with van der Waals surface area (Å²) in [5.41, 5.74) is 5.03. The Labute approximate surface area is 175 Å². The van der Waals surface area contributed by atoms with E-state index in [4.69, 9.17) is 0 Å². The monoisotopic (exact) mass is 393 g/mol. The predicted molar refractivity (Wildman–Crippen MR) is 122 cm³/mol. The lowest BCUT2D eigenvalue weighted by Crippen LogP contribution is -2.49. The van der Waals surface area contributed by atoms with Gasteiger partial charge in [-0.3, -0.25) is 4.90 Å². The fourth-order valence-electron chi connectivity index (χ4n) is 3.63. The van der Waals surface area contributed by atoms with Gasteiger partial charge in [-0.15, -0.1) is 0 Å². The van der Waals surface area contributed by atoms with Crippen molar-refractivity contribution in [3.05, 3.63) is 65.2 Å². The number of benzene rings is 2. The van der Waals surface area contributed by atoms with Crippen LogP contribution in [0.25, 0.3) is 0 Å². The average molecular weight is 394 g/mol. The number of anilines is 1. The Bertz CT molecular complexity index is 795. The third-order valence-corrected chi connectivity index (χ3v) is 5.71. The lowest BCUT2D eigenvalue weighted by atomic mass is 9.87. The molecule has 4 nitrogen and oxygen atoms in total. The van der Waals surface area contributed by atoms with Crippen LogP contribution in [0.1, 0.15) is 57.2 Å². The minimum absolute atomic E-state index is 0.00326. The van der Waals surface area contributed by atoms with E-state index in [1.165, 1.54) is 16.7 Å². The van der Waals surface area contributed by atoms with E-state index in [0.717, 1.165) is 38.4 Å². The van der Waals surface area contributed by atoms with Gasteiger partial charge < -0.3 is 10.2 Å². The molecular formula is C25H35N3O. The molecule has 0 bridgehead atoms. The SMILES string of the molecule is CC(C)c1ccc(NC(=O)N2CCN(Cc3ccc(C(C)(C)C)cc3)CC2)cc1. The summed E-state index contributed by atoms with van der Waals surface area (Å²) in [4.78, 5) is 16.9. The van der Waals surface area contributed by atoms with Gasteiger partial charge in [0.15, 0.2) is 0 Å². The quantitative estimate of drug-likeness (QED) is 0.749. The summed E-state index contributed by atoms with van der Waals surface area (Å²) >= 11 is 0. The number of rotatable bonds is 4. The maximum Gasteiger partial charge on any atom is 0.321 e. The maximum absolute atomic E-state index is 12.6. The van der Waals surface area contributed by atoms with E-state index in [2.05, 4.69) is 81.2 Å². The van der Waals surface area contributed by atoms with Crippen LogP contribution in [0.3, 0.4) is 0 Å². The third kappa shape index (κ3) is 5.83. The molecule has 0 aromatic heterocycles. The number of hydrogen-bond donors (Lipinski definition) is 1. The number of nitrogens with one attached hydrogen (secondary N) is 1. The maximum atomic E-state index is 12.6. The van der Waals surface area contributed by atoms with E-state index in [-0.39, 0.29) is 11.4 Å². The smallest absolute Gasteiger partial charge is 0.321 e. The molecule has 1 aliphatic rings. The zero-order valence-electron chi connectivity index (χ0n) is 18.5. The minimum atomic E-state index is -0.00326. The molecule has 1 aliphatic heterocycles. The van der Waals surface area contributed by atoms with Crippen molar-refractivity contribution in [2.75, 3.05) is 31.5 Å². The highest BCUT2D eigenvalue weighted by molar-refractivity contribution is 5.89. The second-order valence-corrected chi connectivity index (χ2v) is 9.42. The molecule has 0 atom stereocenters. The van der Waals surface area contributed by atoms with Gasteiger partial charge in [0.25, 0.3) is 0 Å². The van der Waals surface area contributed by atoms with Crippen LogP contribution < -0.4 is 5.32 Å². The van der Waals surface area contributed by atoms with Gasteiger partial charge in [0.1, 0.15) is 0 Å². The van der Waals surface area contributed by atoms with Crippen LogP contribution >= 0.6 is 0 Å². The number of carbonyl (C=O) groups excluding carboxylic acids is 1. The van der Waals surface area contributed by atoms with Crippen molar-refractivity contribution in [3.8, 4) is 0 Å². The number of hydrogen-bond acceptors (Lipinski definition) is 2. The van der Waals surface area contributed by atoms with Crippen LogP contribution in [-0.2, 0) is 12.0 Å². The highest BCUT2D eigenvalue weighted by Gasteiger charge is 2.21. The summed E-state index contributed by atoms with van der Waals surface area (Å²) in [6, 6.07) is 17.1. The van der Waals surface area contributed by atoms with Crippen molar-refractivity contribution in [2.24, 2.45) is 0 Å². The average Bonchev–Trinajstić information content (AvgIpc) is 2.68. The van der Waals surface area contributed by atoms with Crippen LogP contribution in [0.4, 0.5) is 10.5 Å². The molecule has 156 valence electrons. The van der Waals surface area contributed by atoms with Gasteiger partial charge in [0.05, 0.1) is 0 Å². The Hall–Kier alpha value is -2.33. The summed E-state index contributed by atoms with van der Waals surface area (Å²) in [5, 5.41) is 3.03. The standard InChI is InChI=1S/C25H35N3O/c1-19(2)21-8-12-23(13-9-21)26-24(29)28-16-14-27(15-17-28)18-20-6-10-22(11-7-20)25(3,4)5/h6-13,19H,14-18H2,1-5H3,(H,26,29). The first kappa shape index (κ1) is 21.4. The van der Waals surface area contributed by atoms with Gasteiger partial charge in [0.2, 0.25) is 0 Å². The van der Waals surface area contributed by atoms with Crippen molar-refractivity contribution < 1.29 is 4.79 Å². The third-order valence-electron chi connectivity index (χ3n) is 5.71. The normalized spacial score (nSPS) is 15.6. The fourth-order valence-corrected chi connectivity index (χ4v) is 3.63. The number of carbonyl (C=O) groups is 1. The molecule has 0 saturated carbocycles. The molecule has 2 aromatic carbocycles. The van der Waals surface area contributed by atoms with Gasteiger partial charge >= 0.3 is 6.03 Å². The topological polar surface area (TPSA) is 35.6 Å². The molecular weight excluding hydrogens is 358 g/mol. The van der Waals surface area contributed by atoms with E-state index >= 15 is 0 Å². The zero-order valence-corrected chi connectivity index (χ0v) is 18.5. The highest BCUT2D eigenvalue weighted by Crippen LogP contribution is 2.23. The molecule has 0 unspecified atom stereocenters. The van der Waals surface area contributed by atoms with Crippen LogP contribution in [0.5, 0.6) is 0 Å². The molecule has 1 N–H and O–H groups in total. The molecule has 2 aromatic rings. The van der Waals surface area contributed by atoms with Crippen molar-refractivity contribution in [2.45, 2.75) is 52.5 Å². The van der Waals surface area contributed by atoms with Crippen LogP contribution in [0.2, 0.25) is 0 Å². The van der Waals surface area contributed by atoms with E-state index < -0.39 is 0 Å². The molecule has 1 heterocycles. The van der Waals surface area contributed by atoms with Crippen molar-refractivity contribution >= 4 is 11.7 Å². The molecule has 0 radical (unpaired) electrons. The first-order valence-corrected chi connectivity index (χ1v) is 10.7. The van der Waals surface area contributed by atoms with E-state index in [0.29, 0.717) is 5.92 Å². The van der Waals surface area contributed by atoms with Crippen LogP contribution in [0.15, 0.2) is 48.5 Å². The zero-order chi connectivity index (χ0) is 21.0. The van der Waals surface area contributed by atoms with Crippen molar-refractivity contribution in [3.63, 3.8) is 0 Å². The van der Waals surface area contributed by atoms with Crippen molar-refractivity contribution in [1.82, 2.24) is 9.80 Å². The van der Waals surface area contributed by atoms with Crippen LogP contribution in [-0.4, -0.2) is 42.0 Å². The molecule has 0 spiro atoms. The lowest BCUT2D eigenvalue weighted by molar-refractivity contribution is 0.143. The summed E-state index contributed by atoms with van der Waals surface area (Å²) in [6.45, 7) is 15.3. The molecule has 29 heavy (non-hydrogen) atoms. The summed E-state index contributed by atoms with van der Waals surface area (Å²) in [5.74, 6) is 0.498. The summed E-state index contributed by atoms with van der Waals surface area (Å²) in [6.07, 6.45) is 0. The minimum Gasteiger partial charge on any atom is -0.322 e. The summed E-state index contributed by atoms with van der Waals surface area (Å²) < 4.78 is 0. The van der Waals surface area contributed by atoms with Gasteiger partial charge in [0, 0.05) is 38.4 Å². The van der Waals surface area contributed by atoms with E-state index in [1.54, 1.807) is 0 Å². The molecule has 4 heteroatoms. The molecule has 1 fully saturated rings. The lowest BCUT2D eigenvalue weighted by Gasteiger charge is -2.34. The van der Waals surface area contributed by atoms with Crippen LogP contribution in [0, 0.1) is 0 Å².